The molecule has 0 aliphatic heterocycles. The second-order valence-electron chi connectivity index (χ2n) is 6.12. The molecule has 3 nitrogen and oxygen atoms in total. The van der Waals surface area contributed by atoms with Crippen molar-refractivity contribution in [1.29, 1.82) is 0 Å². The Labute approximate surface area is 120 Å². The first kappa shape index (κ1) is 13.5. The average Bonchev–Trinajstić information content (AvgIpc) is 2.60. The summed E-state index contributed by atoms with van der Waals surface area (Å²) in [5.41, 5.74) is 2.89. The van der Waals surface area contributed by atoms with Crippen molar-refractivity contribution in [2.45, 2.75) is 56.8 Å². The first-order chi connectivity index (χ1) is 9.67. The van der Waals surface area contributed by atoms with Crippen LogP contribution in [0.25, 0.3) is 0 Å². The van der Waals surface area contributed by atoms with Crippen LogP contribution >= 0.6 is 0 Å². The van der Waals surface area contributed by atoms with Gasteiger partial charge in [0.25, 0.3) is 0 Å². The largest absolute Gasteiger partial charge is 0.496 e. The van der Waals surface area contributed by atoms with Crippen LogP contribution in [0.1, 0.15) is 55.2 Å². The first-order valence-corrected chi connectivity index (χ1v) is 7.61. The summed E-state index contributed by atoms with van der Waals surface area (Å²) in [4.78, 5) is 11.8. The van der Waals surface area contributed by atoms with E-state index in [4.69, 9.17) is 4.74 Å². The average molecular weight is 274 g/mol. The summed E-state index contributed by atoms with van der Waals surface area (Å²) >= 11 is 0. The van der Waals surface area contributed by atoms with Gasteiger partial charge in [-0.2, -0.15) is 0 Å². The van der Waals surface area contributed by atoms with Crippen LogP contribution in [0.5, 0.6) is 5.75 Å². The van der Waals surface area contributed by atoms with Gasteiger partial charge in [0.1, 0.15) is 5.75 Å². The fraction of sp³-hybridized carbons (Fsp3) is 0.588. The van der Waals surface area contributed by atoms with Crippen LogP contribution < -0.4 is 4.74 Å². The number of benzene rings is 1. The molecule has 1 aromatic carbocycles. The minimum atomic E-state index is -0.702. The van der Waals surface area contributed by atoms with Crippen molar-refractivity contribution in [3.05, 3.63) is 28.8 Å². The molecule has 0 spiro atoms. The number of rotatable bonds is 3. The van der Waals surface area contributed by atoms with Gasteiger partial charge in [-0.15, -0.1) is 0 Å². The van der Waals surface area contributed by atoms with E-state index in [2.05, 4.69) is 12.1 Å². The Kier molecular flexibility index (Phi) is 3.45. The summed E-state index contributed by atoms with van der Waals surface area (Å²) in [6, 6.07) is 4.23. The lowest BCUT2D eigenvalue weighted by molar-refractivity contribution is -0.147. The van der Waals surface area contributed by atoms with Gasteiger partial charge in [0, 0.05) is 5.56 Å². The molecule has 1 N–H and O–H groups in total. The van der Waals surface area contributed by atoms with E-state index < -0.39 is 11.4 Å². The SMILES string of the molecule is COc1cc2c(cc1C1(C(=O)O)CCC1)CCCCC2. The first-order valence-electron chi connectivity index (χ1n) is 7.61. The number of methoxy groups -OCH3 is 1. The summed E-state index contributed by atoms with van der Waals surface area (Å²) in [6.45, 7) is 0. The monoisotopic (exact) mass is 274 g/mol. The molecule has 3 heteroatoms. The maximum Gasteiger partial charge on any atom is 0.314 e. The number of hydrogen-bond acceptors (Lipinski definition) is 2. The Bertz CT molecular complexity index is 529. The molecule has 1 saturated carbocycles. The predicted octanol–water partition coefficient (Wildman–Crippen LogP) is 3.47. The van der Waals surface area contributed by atoms with Gasteiger partial charge in [-0.3, -0.25) is 4.79 Å². The van der Waals surface area contributed by atoms with Gasteiger partial charge in [0.2, 0.25) is 0 Å². The molecular weight excluding hydrogens is 252 g/mol. The Morgan fingerprint density at radius 3 is 2.25 bits per heavy atom. The third kappa shape index (κ3) is 2.00. The highest BCUT2D eigenvalue weighted by Crippen LogP contribution is 2.48. The highest BCUT2D eigenvalue weighted by molar-refractivity contribution is 5.84. The summed E-state index contributed by atoms with van der Waals surface area (Å²) in [7, 11) is 1.65. The molecule has 2 aliphatic rings. The number of aryl methyl sites for hydroxylation is 2. The second-order valence-corrected chi connectivity index (χ2v) is 6.12. The van der Waals surface area contributed by atoms with Gasteiger partial charge in [-0.05, 0) is 55.7 Å². The van der Waals surface area contributed by atoms with Crippen LogP contribution in [0, 0.1) is 0 Å². The third-order valence-electron chi connectivity index (χ3n) is 5.05. The molecule has 2 aliphatic carbocycles. The zero-order valence-corrected chi connectivity index (χ0v) is 12.1. The zero-order chi connectivity index (χ0) is 14.2. The van der Waals surface area contributed by atoms with Crippen molar-refractivity contribution in [2.75, 3.05) is 7.11 Å². The number of carbonyl (C=O) groups is 1. The number of carboxylic acid groups (broad SMARTS) is 1. The van der Waals surface area contributed by atoms with E-state index in [-0.39, 0.29) is 0 Å². The molecule has 1 aromatic rings. The molecule has 0 bridgehead atoms. The molecule has 0 amide bonds. The van der Waals surface area contributed by atoms with Crippen LogP contribution in [0.2, 0.25) is 0 Å². The van der Waals surface area contributed by atoms with E-state index in [1.807, 2.05) is 0 Å². The third-order valence-corrected chi connectivity index (χ3v) is 5.05. The molecule has 0 aromatic heterocycles. The van der Waals surface area contributed by atoms with E-state index in [1.165, 1.54) is 30.4 Å². The summed E-state index contributed by atoms with van der Waals surface area (Å²) < 4.78 is 5.52. The number of fused-ring (bicyclic) bond motifs is 1. The Balaban J connectivity index is 2.10. The van der Waals surface area contributed by atoms with Crippen molar-refractivity contribution >= 4 is 5.97 Å². The Hall–Kier alpha value is -1.51. The maximum absolute atomic E-state index is 11.8. The van der Waals surface area contributed by atoms with Crippen molar-refractivity contribution in [1.82, 2.24) is 0 Å². The van der Waals surface area contributed by atoms with Crippen LogP contribution in [-0.2, 0) is 23.1 Å². The fourth-order valence-electron chi connectivity index (χ4n) is 3.61. The molecule has 3 rings (SSSR count). The summed E-state index contributed by atoms with van der Waals surface area (Å²) in [6.07, 6.45) is 8.31. The topological polar surface area (TPSA) is 46.5 Å². The molecule has 1 fully saturated rings. The zero-order valence-electron chi connectivity index (χ0n) is 12.1. The number of ether oxygens (including phenoxy) is 1. The fourth-order valence-corrected chi connectivity index (χ4v) is 3.61. The quantitative estimate of drug-likeness (QED) is 0.858. The molecule has 20 heavy (non-hydrogen) atoms. The molecule has 0 unspecified atom stereocenters. The van der Waals surface area contributed by atoms with Crippen LogP contribution in [-0.4, -0.2) is 18.2 Å². The lowest BCUT2D eigenvalue weighted by Gasteiger charge is -2.39. The standard InChI is InChI=1S/C17H22O3/c1-20-15-11-13-7-4-2-3-6-12(13)10-14(15)17(16(18)19)8-5-9-17/h10-11H,2-9H2,1H3,(H,18,19). The van der Waals surface area contributed by atoms with Gasteiger partial charge < -0.3 is 9.84 Å². The highest BCUT2D eigenvalue weighted by Gasteiger charge is 2.48. The van der Waals surface area contributed by atoms with Gasteiger partial charge in [0.05, 0.1) is 12.5 Å². The van der Waals surface area contributed by atoms with E-state index in [0.29, 0.717) is 0 Å². The lowest BCUT2D eigenvalue weighted by atomic mass is 9.63. The number of aliphatic carboxylic acids is 1. The van der Waals surface area contributed by atoms with E-state index in [0.717, 1.165) is 43.4 Å². The molecule has 0 heterocycles. The van der Waals surface area contributed by atoms with Crippen molar-refractivity contribution < 1.29 is 14.6 Å². The van der Waals surface area contributed by atoms with Crippen molar-refractivity contribution in [2.24, 2.45) is 0 Å². The minimum absolute atomic E-state index is 0.698. The molecule has 0 radical (unpaired) electrons. The predicted molar refractivity (Wildman–Crippen MR) is 77.4 cm³/mol. The lowest BCUT2D eigenvalue weighted by Crippen LogP contribution is -2.42. The Morgan fingerprint density at radius 2 is 1.75 bits per heavy atom. The van der Waals surface area contributed by atoms with Gasteiger partial charge in [-0.1, -0.05) is 18.9 Å². The van der Waals surface area contributed by atoms with Crippen LogP contribution in [0.3, 0.4) is 0 Å². The van der Waals surface area contributed by atoms with E-state index in [1.54, 1.807) is 7.11 Å². The highest BCUT2D eigenvalue weighted by atomic mass is 16.5. The molecular formula is C17H22O3. The Morgan fingerprint density at radius 1 is 1.10 bits per heavy atom. The van der Waals surface area contributed by atoms with Crippen LogP contribution in [0.15, 0.2) is 12.1 Å². The van der Waals surface area contributed by atoms with Gasteiger partial charge in [-0.25, -0.2) is 0 Å². The van der Waals surface area contributed by atoms with Crippen molar-refractivity contribution in [3.8, 4) is 5.75 Å². The summed E-state index contributed by atoms with van der Waals surface area (Å²) in [5, 5.41) is 9.66. The van der Waals surface area contributed by atoms with E-state index in [9.17, 15) is 9.90 Å². The smallest absolute Gasteiger partial charge is 0.314 e. The molecule has 108 valence electrons. The van der Waals surface area contributed by atoms with E-state index >= 15 is 0 Å². The van der Waals surface area contributed by atoms with Gasteiger partial charge in [0.15, 0.2) is 0 Å². The van der Waals surface area contributed by atoms with Gasteiger partial charge >= 0.3 is 5.97 Å². The normalized spacial score (nSPS) is 20.4. The second kappa shape index (κ2) is 5.12. The maximum atomic E-state index is 11.8. The molecule has 0 atom stereocenters. The summed E-state index contributed by atoms with van der Waals surface area (Å²) in [5.74, 6) is 0.0726. The molecule has 0 saturated heterocycles. The number of hydrogen-bond donors (Lipinski definition) is 1. The minimum Gasteiger partial charge on any atom is -0.496 e. The number of carboxylic acids is 1. The van der Waals surface area contributed by atoms with Crippen molar-refractivity contribution in [3.63, 3.8) is 0 Å². The van der Waals surface area contributed by atoms with Crippen LogP contribution in [0.4, 0.5) is 0 Å².